The van der Waals surface area contributed by atoms with Gasteiger partial charge in [-0.25, -0.2) is 8.42 Å². The summed E-state index contributed by atoms with van der Waals surface area (Å²) in [5, 5.41) is 5.05. The number of aromatic nitrogens is 2. The molecule has 0 N–H and O–H groups in total. The highest BCUT2D eigenvalue weighted by Gasteiger charge is 2.08. The molecule has 80 valence electrons. The van der Waals surface area contributed by atoms with Crippen LogP contribution in [0.1, 0.15) is 5.56 Å². The second kappa shape index (κ2) is 3.50. The number of nitrogens with zero attached hydrogens (tertiary/aromatic N) is 2. The Morgan fingerprint density at radius 1 is 1.47 bits per heavy atom. The van der Waals surface area contributed by atoms with Gasteiger partial charge < -0.3 is 0 Å². The third-order valence-electron chi connectivity index (χ3n) is 2.15. The van der Waals surface area contributed by atoms with Gasteiger partial charge >= 0.3 is 0 Å². The lowest BCUT2D eigenvalue weighted by atomic mass is 10.2. The van der Waals surface area contributed by atoms with Gasteiger partial charge in [-0.3, -0.25) is 4.68 Å². The first-order valence-electron chi connectivity index (χ1n) is 4.29. The van der Waals surface area contributed by atoms with Gasteiger partial charge in [-0.2, -0.15) is 5.10 Å². The maximum atomic E-state index is 10.9. The Morgan fingerprint density at radius 3 is 2.87 bits per heavy atom. The maximum Gasteiger partial charge on any atom is 0.236 e. The molecule has 0 bridgehead atoms. The molecule has 0 radical (unpaired) electrons. The molecule has 1 aromatic heterocycles. The highest BCUT2D eigenvalue weighted by molar-refractivity contribution is 8.13. The number of halogens is 1. The van der Waals surface area contributed by atoms with Crippen LogP contribution in [-0.2, 0) is 21.9 Å². The predicted octanol–water partition coefficient (Wildman–Crippen LogP) is 1.64. The minimum absolute atomic E-state index is 0.157. The molecule has 15 heavy (non-hydrogen) atoms. The Balaban J connectivity index is 2.51. The van der Waals surface area contributed by atoms with Gasteiger partial charge in [0.25, 0.3) is 0 Å². The molecular formula is C9H9ClN2O2S. The van der Waals surface area contributed by atoms with Crippen molar-refractivity contribution in [2.45, 2.75) is 5.75 Å². The van der Waals surface area contributed by atoms with Gasteiger partial charge in [-0.05, 0) is 11.6 Å². The summed E-state index contributed by atoms with van der Waals surface area (Å²) in [6.07, 6.45) is 1.73. The molecule has 0 fully saturated rings. The van der Waals surface area contributed by atoms with E-state index in [0.29, 0.717) is 5.56 Å². The van der Waals surface area contributed by atoms with Crippen LogP contribution < -0.4 is 0 Å². The van der Waals surface area contributed by atoms with E-state index in [9.17, 15) is 8.42 Å². The minimum Gasteiger partial charge on any atom is -0.268 e. The summed E-state index contributed by atoms with van der Waals surface area (Å²) in [6.45, 7) is 0. The number of rotatable bonds is 2. The van der Waals surface area contributed by atoms with Crippen molar-refractivity contribution in [3.63, 3.8) is 0 Å². The largest absolute Gasteiger partial charge is 0.268 e. The Morgan fingerprint density at radius 2 is 2.20 bits per heavy atom. The van der Waals surface area contributed by atoms with Gasteiger partial charge in [-0.15, -0.1) is 0 Å². The van der Waals surface area contributed by atoms with Gasteiger partial charge in [0.2, 0.25) is 9.05 Å². The Kier molecular flexibility index (Phi) is 2.44. The lowest BCUT2D eigenvalue weighted by molar-refractivity contribution is 0.609. The van der Waals surface area contributed by atoms with Crippen LogP contribution in [-0.4, -0.2) is 18.2 Å². The van der Waals surface area contributed by atoms with E-state index in [1.54, 1.807) is 30.1 Å². The molecule has 0 saturated carbocycles. The predicted molar refractivity (Wildman–Crippen MR) is 59.2 cm³/mol. The number of hydrogen-bond acceptors (Lipinski definition) is 3. The summed E-state index contributed by atoms with van der Waals surface area (Å²) < 4.78 is 23.5. The van der Waals surface area contributed by atoms with Gasteiger partial charge in [0.15, 0.2) is 0 Å². The zero-order chi connectivity index (χ0) is 11.1. The lowest BCUT2D eigenvalue weighted by Crippen LogP contribution is -1.96. The van der Waals surface area contributed by atoms with Crippen LogP contribution in [0.25, 0.3) is 10.9 Å². The van der Waals surface area contributed by atoms with Gasteiger partial charge in [0.05, 0.1) is 17.5 Å². The summed E-state index contributed by atoms with van der Waals surface area (Å²) in [5.74, 6) is -0.157. The minimum atomic E-state index is -3.50. The van der Waals surface area contributed by atoms with Crippen molar-refractivity contribution in [2.75, 3.05) is 0 Å². The topological polar surface area (TPSA) is 52.0 Å². The Bertz CT molecular complexity index is 604. The van der Waals surface area contributed by atoms with Crippen LogP contribution in [0.3, 0.4) is 0 Å². The Hall–Kier alpha value is -1.07. The fourth-order valence-electron chi connectivity index (χ4n) is 1.48. The summed E-state index contributed by atoms with van der Waals surface area (Å²) in [5.41, 5.74) is 1.56. The molecule has 4 nitrogen and oxygen atoms in total. The van der Waals surface area contributed by atoms with E-state index in [2.05, 4.69) is 5.10 Å². The smallest absolute Gasteiger partial charge is 0.236 e. The van der Waals surface area contributed by atoms with Crippen molar-refractivity contribution >= 4 is 30.6 Å². The van der Waals surface area contributed by atoms with Crippen molar-refractivity contribution in [3.05, 3.63) is 30.0 Å². The fourth-order valence-corrected chi connectivity index (χ4v) is 2.43. The molecular weight excluding hydrogens is 236 g/mol. The molecule has 0 atom stereocenters. The number of fused-ring (bicyclic) bond motifs is 1. The first-order valence-corrected chi connectivity index (χ1v) is 6.76. The average Bonchev–Trinajstić information content (AvgIpc) is 2.45. The quantitative estimate of drug-likeness (QED) is 0.755. The number of benzene rings is 1. The second-order valence-electron chi connectivity index (χ2n) is 3.34. The molecule has 0 unspecified atom stereocenters. The Labute approximate surface area is 91.9 Å². The maximum absolute atomic E-state index is 10.9. The highest BCUT2D eigenvalue weighted by atomic mass is 35.7. The molecule has 0 aliphatic rings. The van der Waals surface area contributed by atoms with E-state index < -0.39 is 9.05 Å². The van der Waals surface area contributed by atoms with Crippen molar-refractivity contribution in [3.8, 4) is 0 Å². The van der Waals surface area contributed by atoms with E-state index in [-0.39, 0.29) is 5.75 Å². The van der Waals surface area contributed by atoms with E-state index in [1.807, 2.05) is 6.07 Å². The van der Waals surface area contributed by atoms with Gasteiger partial charge in [0, 0.05) is 23.1 Å². The van der Waals surface area contributed by atoms with Crippen molar-refractivity contribution in [2.24, 2.45) is 7.05 Å². The normalized spacial score (nSPS) is 12.1. The molecule has 0 amide bonds. The number of hydrogen-bond donors (Lipinski definition) is 0. The summed E-state index contributed by atoms with van der Waals surface area (Å²) in [7, 11) is 3.49. The molecule has 1 aromatic carbocycles. The molecule has 2 aromatic rings. The van der Waals surface area contributed by atoms with Crippen LogP contribution in [0.15, 0.2) is 24.4 Å². The lowest BCUT2D eigenvalue weighted by Gasteiger charge is -1.99. The monoisotopic (exact) mass is 244 g/mol. The van der Waals surface area contributed by atoms with Crippen LogP contribution >= 0.6 is 10.7 Å². The highest BCUT2D eigenvalue weighted by Crippen LogP contribution is 2.17. The van der Waals surface area contributed by atoms with Crippen molar-refractivity contribution in [1.82, 2.24) is 9.78 Å². The first-order chi connectivity index (χ1) is 6.96. The van der Waals surface area contributed by atoms with Crippen molar-refractivity contribution in [1.29, 1.82) is 0 Å². The SMILES string of the molecule is Cn1ncc2ccc(CS(=O)(=O)Cl)cc21. The van der Waals surface area contributed by atoms with Crippen LogP contribution in [0.2, 0.25) is 0 Å². The summed E-state index contributed by atoms with van der Waals surface area (Å²) in [6, 6.07) is 5.35. The van der Waals surface area contributed by atoms with E-state index in [4.69, 9.17) is 10.7 Å². The molecule has 0 saturated heterocycles. The first kappa shape index (κ1) is 10.4. The van der Waals surface area contributed by atoms with E-state index in [1.165, 1.54) is 0 Å². The third-order valence-corrected chi connectivity index (χ3v) is 3.16. The van der Waals surface area contributed by atoms with E-state index >= 15 is 0 Å². The van der Waals surface area contributed by atoms with Crippen LogP contribution in [0.4, 0.5) is 0 Å². The van der Waals surface area contributed by atoms with E-state index in [0.717, 1.165) is 10.9 Å². The molecule has 0 aliphatic heterocycles. The van der Waals surface area contributed by atoms with Crippen LogP contribution in [0, 0.1) is 0 Å². The van der Waals surface area contributed by atoms with Gasteiger partial charge in [0.1, 0.15) is 0 Å². The molecule has 0 spiro atoms. The van der Waals surface area contributed by atoms with Crippen molar-refractivity contribution < 1.29 is 8.42 Å². The molecule has 6 heteroatoms. The number of aryl methyl sites for hydroxylation is 1. The fraction of sp³-hybridized carbons (Fsp3) is 0.222. The molecule has 0 aliphatic carbocycles. The molecule has 2 rings (SSSR count). The summed E-state index contributed by atoms with van der Waals surface area (Å²) >= 11 is 0. The van der Waals surface area contributed by atoms with Gasteiger partial charge in [-0.1, -0.05) is 12.1 Å². The third kappa shape index (κ3) is 2.30. The summed E-state index contributed by atoms with van der Waals surface area (Å²) in [4.78, 5) is 0. The molecule has 1 heterocycles. The standard InChI is InChI=1S/C9H9ClN2O2S/c1-12-9-4-7(6-15(10,13)14)2-3-8(9)5-11-12/h2-5H,6H2,1H3. The second-order valence-corrected chi connectivity index (χ2v) is 6.12. The average molecular weight is 245 g/mol. The zero-order valence-corrected chi connectivity index (χ0v) is 9.59. The zero-order valence-electron chi connectivity index (χ0n) is 8.01. The van der Waals surface area contributed by atoms with Crippen LogP contribution in [0.5, 0.6) is 0 Å².